The minimum atomic E-state index is -3.09. The zero-order chi connectivity index (χ0) is 16.1. The Morgan fingerprint density at radius 1 is 1.23 bits per heavy atom. The maximum atomic E-state index is 10.9. The molecule has 0 rings (SSSR count). The van der Waals surface area contributed by atoms with Crippen molar-refractivity contribution in [2.75, 3.05) is 40.0 Å². The van der Waals surface area contributed by atoms with Gasteiger partial charge in [-0.1, -0.05) is 12.5 Å². The Balaban J connectivity index is 0. The zero-order valence-electron chi connectivity index (χ0n) is 14.0. The van der Waals surface area contributed by atoms with E-state index in [1.807, 2.05) is 13.1 Å². The van der Waals surface area contributed by atoms with Crippen molar-refractivity contribution in [3.63, 3.8) is 0 Å². The van der Waals surface area contributed by atoms with Gasteiger partial charge in [-0.25, -0.2) is 13.1 Å². The maximum Gasteiger partial charge on any atom is 0.208 e. The summed E-state index contributed by atoms with van der Waals surface area (Å²) in [7, 11) is 0.675. The molecule has 0 bridgehead atoms. The average Bonchev–Trinajstić information content (AvgIpc) is 2.41. The fourth-order valence-electron chi connectivity index (χ4n) is 1.85. The van der Waals surface area contributed by atoms with Crippen LogP contribution in [0, 0.1) is 0 Å². The van der Waals surface area contributed by atoms with Gasteiger partial charge in [0.15, 0.2) is 5.96 Å². The van der Waals surface area contributed by atoms with Gasteiger partial charge in [-0.2, -0.15) is 0 Å². The molecule has 22 heavy (non-hydrogen) atoms. The predicted molar refractivity (Wildman–Crippen MR) is 106 cm³/mol. The average molecular weight is 446 g/mol. The van der Waals surface area contributed by atoms with Gasteiger partial charge in [-0.3, -0.25) is 4.99 Å². The topological polar surface area (TPSA) is 73.8 Å². The normalized spacial score (nSPS) is 11.7. The molecule has 0 spiro atoms. The molecule has 0 aromatic heterocycles. The van der Waals surface area contributed by atoms with Crippen LogP contribution < -0.4 is 10.0 Å². The molecular weight excluding hydrogens is 415 g/mol. The lowest BCUT2D eigenvalue weighted by atomic mass is 10.2. The summed E-state index contributed by atoms with van der Waals surface area (Å²) in [5, 5.41) is 3.23. The molecule has 0 aliphatic heterocycles. The minimum Gasteiger partial charge on any atom is -0.356 e. The van der Waals surface area contributed by atoms with E-state index in [9.17, 15) is 8.42 Å². The highest BCUT2D eigenvalue weighted by atomic mass is 127. The van der Waals surface area contributed by atoms with Crippen molar-refractivity contribution in [1.29, 1.82) is 0 Å². The highest BCUT2D eigenvalue weighted by Gasteiger charge is 2.05. The van der Waals surface area contributed by atoms with Crippen molar-refractivity contribution in [1.82, 2.24) is 14.9 Å². The van der Waals surface area contributed by atoms with Gasteiger partial charge in [0.25, 0.3) is 0 Å². The molecule has 0 aliphatic carbocycles. The second-order valence-corrected chi connectivity index (χ2v) is 6.89. The number of sulfonamides is 1. The highest BCUT2D eigenvalue weighted by Crippen LogP contribution is 2.01. The smallest absolute Gasteiger partial charge is 0.208 e. The number of halogens is 1. The first kappa shape index (κ1) is 23.9. The first-order chi connectivity index (χ1) is 9.90. The summed E-state index contributed by atoms with van der Waals surface area (Å²) in [6.07, 6.45) is 8.41. The van der Waals surface area contributed by atoms with Gasteiger partial charge in [-0.15, -0.1) is 30.6 Å². The number of nitrogens with zero attached hydrogens (tertiary/aromatic N) is 2. The highest BCUT2D eigenvalue weighted by molar-refractivity contribution is 14.0. The Morgan fingerprint density at radius 2 is 1.91 bits per heavy atom. The van der Waals surface area contributed by atoms with Gasteiger partial charge in [0.1, 0.15) is 0 Å². The van der Waals surface area contributed by atoms with E-state index in [0.29, 0.717) is 13.1 Å². The Hall–Kier alpha value is -0.350. The molecule has 0 aromatic carbocycles. The molecule has 0 fully saturated rings. The molecule has 0 radical (unpaired) electrons. The molecular formula is C14H31IN4O2S. The summed E-state index contributed by atoms with van der Waals surface area (Å²) in [6.45, 7) is 5.80. The first-order valence-corrected chi connectivity index (χ1v) is 9.27. The van der Waals surface area contributed by atoms with Crippen molar-refractivity contribution < 1.29 is 8.42 Å². The number of hydrogen-bond donors (Lipinski definition) is 2. The molecule has 0 unspecified atom stereocenters. The molecule has 0 amide bonds. The molecule has 0 atom stereocenters. The number of unbranched alkanes of at least 4 members (excludes halogenated alkanes) is 3. The van der Waals surface area contributed by atoms with E-state index in [2.05, 4.69) is 26.5 Å². The molecule has 0 heterocycles. The minimum absolute atomic E-state index is 0. The van der Waals surface area contributed by atoms with Crippen molar-refractivity contribution in [2.45, 2.75) is 32.1 Å². The van der Waals surface area contributed by atoms with Crippen molar-refractivity contribution in [3.8, 4) is 0 Å². The SMILES string of the molecule is C=CCCCCCN(C)C(=NC)NCCCNS(C)(=O)=O.I. The molecule has 0 saturated carbocycles. The van der Waals surface area contributed by atoms with Crippen LogP contribution in [0.15, 0.2) is 17.6 Å². The number of allylic oxidation sites excluding steroid dienone is 1. The fraction of sp³-hybridized carbons (Fsp3) is 0.786. The summed E-state index contributed by atoms with van der Waals surface area (Å²) in [5.74, 6) is 0.845. The Morgan fingerprint density at radius 3 is 2.45 bits per heavy atom. The zero-order valence-corrected chi connectivity index (χ0v) is 17.1. The summed E-state index contributed by atoms with van der Waals surface area (Å²) >= 11 is 0. The lowest BCUT2D eigenvalue weighted by molar-refractivity contribution is 0.454. The van der Waals surface area contributed by atoms with Crippen molar-refractivity contribution in [3.05, 3.63) is 12.7 Å². The number of aliphatic imine (C=N–C) groups is 1. The quantitative estimate of drug-likeness (QED) is 0.167. The lowest BCUT2D eigenvalue weighted by Gasteiger charge is -2.22. The van der Waals surface area contributed by atoms with E-state index < -0.39 is 10.0 Å². The van der Waals surface area contributed by atoms with Crippen LogP contribution in [-0.2, 0) is 10.0 Å². The van der Waals surface area contributed by atoms with Crippen LogP contribution in [0.2, 0.25) is 0 Å². The molecule has 0 aromatic rings. The molecule has 6 nitrogen and oxygen atoms in total. The molecule has 2 N–H and O–H groups in total. The van der Waals surface area contributed by atoms with Gasteiger partial charge in [0.2, 0.25) is 10.0 Å². The van der Waals surface area contributed by atoms with Gasteiger partial charge < -0.3 is 10.2 Å². The third-order valence-electron chi connectivity index (χ3n) is 2.98. The van der Waals surface area contributed by atoms with Gasteiger partial charge in [0.05, 0.1) is 6.26 Å². The molecule has 0 aliphatic rings. The van der Waals surface area contributed by atoms with Gasteiger partial charge >= 0.3 is 0 Å². The number of guanidine groups is 1. The van der Waals surface area contributed by atoms with E-state index in [0.717, 1.165) is 31.8 Å². The molecule has 132 valence electrons. The van der Waals surface area contributed by atoms with E-state index in [4.69, 9.17) is 0 Å². The standard InChI is InChI=1S/C14H30N4O2S.HI/c1-5-6-7-8-9-13-18(3)14(15-2)16-11-10-12-17-21(4,19)20;/h5,17H,1,6-13H2,2-4H3,(H,15,16);1H. The van der Waals surface area contributed by atoms with E-state index in [1.165, 1.54) is 19.1 Å². The molecule has 0 saturated heterocycles. The Bertz CT molecular complexity index is 413. The Labute approximate surface area is 152 Å². The summed E-state index contributed by atoms with van der Waals surface area (Å²) in [5.41, 5.74) is 0. The van der Waals surface area contributed by atoms with Crippen LogP contribution in [0.1, 0.15) is 32.1 Å². The van der Waals surface area contributed by atoms with Crippen LogP contribution in [-0.4, -0.2) is 59.3 Å². The lowest BCUT2D eigenvalue weighted by Crippen LogP contribution is -2.40. The first-order valence-electron chi connectivity index (χ1n) is 7.38. The molecule has 8 heteroatoms. The van der Waals surface area contributed by atoms with E-state index >= 15 is 0 Å². The Kier molecular flexibility index (Phi) is 15.5. The van der Waals surface area contributed by atoms with Gasteiger partial charge in [-0.05, 0) is 25.7 Å². The maximum absolute atomic E-state index is 10.9. The van der Waals surface area contributed by atoms with Crippen LogP contribution in [0.4, 0.5) is 0 Å². The number of nitrogens with one attached hydrogen (secondary N) is 2. The summed E-state index contributed by atoms with van der Waals surface area (Å²) in [4.78, 5) is 6.32. The third kappa shape index (κ3) is 14.6. The summed E-state index contributed by atoms with van der Waals surface area (Å²) in [6, 6.07) is 0. The van der Waals surface area contributed by atoms with Crippen LogP contribution in [0.25, 0.3) is 0 Å². The third-order valence-corrected chi connectivity index (χ3v) is 3.70. The van der Waals surface area contributed by atoms with Crippen molar-refractivity contribution >= 4 is 40.0 Å². The van der Waals surface area contributed by atoms with E-state index in [1.54, 1.807) is 7.05 Å². The van der Waals surface area contributed by atoms with Crippen LogP contribution >= 0.6 is 24.0 Å². The number of hydrogen-bond acceptors (Lipinski definition) is 3. The van der Waals surface area contributed by atoms with Gasteiger partial charge in [0, 0.05) is 33.7 Å². The van der Waals surface area contributed by atoms with E-state index in [-0.39, 0.29) is 24.0 Å². The monoisotopic (exact) mass is 446 g/mol. The summed E-state index contributed by atoms with van der Waals surface area (Å²) < 4.78 is 24.3. The fourth-order valence-corrected chi connectivity index (χ4v) is 2.37. The largest absolute Gasteiger partial charge is 0.356 e. The number of rotatable bonds is 11. The van der Waals surface area contributed by atoms with Crippen LogP contribution in [0.3, 0.4) is 0 Å². The predicted octanol–water partition coefficient (Wildman–Crippen LogP) is 1.80. The second kappa shape index (κ2) is 14.3. The van der Waals surface area contributed by atoms with Crippen molar-refractivity contribution in [2.24, 2.45) is 4.99 Å². The van der Waals surface area contributed by atoms with Crippen LogP contribution in [0.5, 0.6) is 0 Å². The second-order valence-electron chi connectivity index (χ2n) is 5.05.